The van der Waals surface area contributed by atoms with Crippen LogP contribution in [0.3, 0.4) is 0 Å². The van der Waals surface area contributed by atoms with E-state index in [2.05, 4.69) is 53.8 Å². The van der Waals surface area contributed by atoms with Crippen LogP contribution in [-0.2, 0) is 0 Å². The predicted octanol–water partition coefficient (Wildman–Crippen LogP) is 4.55. The third-order valence-electron chi connectivity index (χ3n) is 3.56. The fourth-order valence-corrected chi connectivity index (χ4v) is 2.51. The molecule has 110 valence electrons. The first kappa shape index (κ1) is 15.1. The number of hydrogen-bond donors (Lipinski definition) is 2. The van der Waals surface area contributed by atoms with Crippen LogP contribution in [0.1, 0.15) is 25.7 Å². The van der Waals surface area contributed by atoms with Crippen LogP contribution in [0, 0.1) is 0 Å². The number of hydrogen-bond acceptors (Lipinski definition) is 1. The molecule has 1 amide bonds. The van der Waals surface area contributed by atoms with E-state index >= 15 is 0 Å². The molecule has 21 heavy (non-hydrogen) atoms. The van der Waals surface area contributed by atoms with Crippen molar-refractivity contribution in [2.45, 2.75) is 31.7 Å². The van der Waals surface area contributed by atoms with Gasteiger partial charge in [-0.25, -0.2) is 4.79 Å². The Balaban J connectivity index is 0.000000161. The lowest BCUT2D eigenvalue weighted by Crippen LogP contribution is -2.30. The van der Waals surface area contributed by atoms with E-state index in [-0.39, 0.29) is 6.04 Å². The summed E-state index contributed by atoms with van der Waals surface area (Å²) in [6.07, 6.45) is 3.50. The molecular formula is C18H21NO2. The van der Waals surface area contributed by atoms with Gasteiger partial charge in [-0.2, -0.15) is 0 Å². The van der Waals surface area contributed by atoms with Crippen molar-refractivity contribution in [3.05, 3.63) is 60.7 Å². The van der Waals surface area contributed by atoms with Crippen molar-refractivity contribution in [1.82, 2.24) is 5.32 Å². The van der Waals surface area contributed by atoms with Crippen molar-refractivity contribution in [2.75, 3.05) is 0 Å². The second-order valence-corrected chi connectivity index (χ2v) is 5.16. The van der Waals surface area contributed by atoms with Crippen LogP contribution in [0.2, 0.25) is 0 Å². The number of benzene rings is 2. The van der Waals surface area contributed by atoms with Crippen LogP contribution < -0.4 is 5.32 Å². The van der Waals surface area contributed by atoms with Crippen LogP contribution in [0.15, 0.2) is 60.7 Å². The number of carboxylic acid groups (broad SMARTS) is 1. The quantitative estimate of drug-likeness (QED) is 0.849. The summed E-state index contributed by atoms with van der Waals surface area (Å²) in [6, 6.07) is 21.0. The summed E-state index contributed by atoms with van der Waals surface area (Å²) in [5.41, 5.74) is 2.55. The molecule has 0 spiro atoms. The van der Waals surface area contributed by atoms with Gasteiger partial charge in [-0.3, -0.25) is 0 Å². The lowest BCUT2D eigenvalue weighted by Gasteiger charge is -2.06. The first-order chi connectivity index (χ1) is 10.3. The summed E-state index contributed by atoms with van der Waals surface area (Å²) in [4.78, 5) is 10.0. The Morgan fingerprint density at radius 1 is 0.857 bits per heavy atom. The summed E-state index contributed by atoms with van der Waals surface area (Å²) in [5, 5.41) is 10.7. The highest BCUT2D eigenvalue weighted by Crippen LogP contribution is 2.17. The highest BCUT2D eigenvalue weighted by Gasteiger charge is 2.15. The van der Waals surface area contributed by atoms with Crippen LogP contribution in [0.5, 0.6) is 0 Å². The molecule has 3 rings (SSSR count). The zero-order chi connectivity index (χ0) is 14.9. The molecule has 1 saturated carbocycles. The molecule has 1 fully saturated rings. The van der Waals surface area contributed by atoms with Crippen molar-refractivity contribution in [1.29, 1.82) is 0 Å². The molecule has 3 heteroatoms. The van der Waals surface area contributed by atoms with Gasteiger partial charge in [-0.15, -0.1) is 0 Å². The Hall–Kier alpha value is -2.29. The van der Waals surface area contributed by atoms with Gasteiger partial charge in [-0.1, -0.05) is 73.5 Å². The number of rotatable bonds is 2. The third kappa shape index (κ3) is 5.30. The van der Waals surface area contributed by atoms with Crippen molar-refractivity contribution < 1.29 is 9.90 Å². The molecule has 1 aliphatic carbocycles. The summed E-state index contributed by atoms with van der Waals surface area (Å²) in [6.45, 7) is 0. The molecule has 2 aromatic rings. The Morgan fingerprint density at radius 3 is 1.67 bits per heavy atom. The van der Waals surface area contributed by atoms with E-state index in [1.165, 1.54) is 24.0 Å². The number of amides is 1. The Bertz CT molecular complexity index is 496. The summed E-state index contributed by atoms with van der Waals surface area (Å²) >= 11 is 0. The molecule has 0 saturated heterocycles. The van der Waals surface area contributed by atoms with Gasteiger partial charge >= 0.3 is 6.09 Å². The molecule has 0 atom stereocenters. The van der Waals surface area contributed by atoms with Crippen molar-refractivity contribution in [3.8, 4) is 11.1 Å². The van der Waals surface area contributed by atoms with E-state index in [0.29, 0.717) is 0 Å². The predicted molar refractivity (Wildman–Crippen MR) is 85.3 cm³/mol. The molecule has 0 aromatic heterocycles. The minimum atomic E-state index is -0.887. The van der Waals surface area contributed by atoms with E-state index in [9.17, 15) is 4.79 Å². The molecule has 2 aromatic carbocycles. The molecule has 2 N–H and O–H groups in total. The highest BCUT2D eigenvalue weighted by atomic mass is 16.4. The first-order valence-electron chi connectivity index (χ1n) is 7.35. The Labute approximate surface area is 125 Å². The standard InChI is InChI=1S/C12H10.C6H11NO2/c1-3-7-11(8-4-1)12-9-5-2-6-10-12;8-6(9)7-5-3-1-2-4-5/h1-10H;5,7H,1-4H2,(H,8,9). The number of nitrogens with one attached hydrogen (secondary N) is 1. The molecule has 0 unspecified atom stereocenters. The maximum atomic E-state index is 10.0. The highest BCUT2D eigenvalue weighted by molar-refractivity contribution is 5.64. The zero-order valence-electron chi connectivity index (χ0n) is 12.0. The average Bonchev–Trinajstić information content (AvgIpc) is 3.02. The van der Waals surface area contributed by atoms with Crippen LogP contribution >= 0.6 is 0 Å². The lowest BCUT2D eigenvalue weighted by molar-refractivity contribution is 0.190. The van der Waals surface area contributed by atoms with Crippen molar-refractivity contribution in [3.63, 3.8) is 0 Å². The van der Waals surface area contributed by atoms with Crippen LogP contribution in [-0.4, -0.2) is 17.2 Å². The minimum absolute atomic E-state index is 0.238. The molecule has 3 nitrogen and oxygen atoms in total. The summed E-state index contributed by atoms with van der Waals surface area (Å²) in [5.74, 6) is 0. The average molecular weight is 283 g/mol. The Kier molecular flexibility index (Phi) is 5.83. The van der Waals surface area contributed by atoms with E-state index < -0.39 is 6.09 Å². The van der Waals surface area contributed by atoms with Gasteiger partial charge in [0, 0.05) is 6.04 Å². The largest absolute Gasteiger partial charge is 0.465 e. The third-order valence-corrected chi connectivity index (χ3v) is 3.56. The second-order valence-electron chi connectivity index (χ2n) is 5.16. The summed E-state index contributed by atoms with van der Waals surface area (Å²) in [7, 11) is 0. The van der Waals surface area contributed by atoms with Crippen LogP contribution in [0.25, 0.3) is 11.1 Å². The van der Waals surface area contributed by atoms with Gasteiger partial charge in [0.2, 0.25) is 0 Å². The fraction of sp³-hybridized carbons (Fsp3) is 0.278. The summed E-state index contributed by atoms with van der Waals surface area (Å²) < 4.78 is 0. The first-order valence-corrected chi connectivity index (χ1v) is 7.35. The molecule has 0 radical (unpaired) electrons. The van der Waals surface area contributed by atoms with Gasteiger partial charge < -0.3 is 10.4 Å². The fourth-order valence-electron chi connectivity index (χ4n) is 2.51. The van der Waals surface area contributed by atoms with E-state index in [0.717, 1.165) is 12.8 Å². The minimum Gasteiger partial charge on any atom is -0.465 e. The van der Waals surface area contributed by atoms with Gasteiger partial charge in [0.25, 0.3) is 0 Å². The SMILES string of the molecule is O=C(O)NC1CCCC1.c1ccc(-c2ccccc2)cc1. The van der Waals surface area contributed by atoms with Gasteiger partial charge in [0.1, 0.15) is 0 Å². The molecule has 0 bridgehead atoms. The molecule has 0 aliphatic heterocycles. The maximum absolute atomic E-state index is 10.0. The molecule has 0 heterocycles. The number of carbonyl (C=O) groups is 1. The Morgan fingerprint density at radius 2 is 1.29 bits per heavy atom. The van der Waals surface area contributed by atoms with E-state index in [4.69, 9.17) is 5.11 Å². The van der Waals surface area contributed by atoms with Crippen molar-refractivity contribution >= 4 is 6.09 Å². The molecule has 1 aliphatic rings. The van der Waals surface area contributed by atoms with Crippen molar-refractivity contribution in [2.24, 2.45) is 0 Å². The maximum Gasteiger partial charge on any atom is 0.404 e. The topological polar surface area (TPSA) is 49.3 Å². The normalized spacial score (nSPS) is 14.1. The van der Waals surface area contributed by atoms with Gasteiger partial charge in [0.05, 0.1) is 0 Å². The zero-order valence-corrected chi connectivity index (χ0v) is 12.0. The second kappa shape index (κ2) is 8.10. The van der Waals surface area contributed by atoms with E-state index in [1.54, 1.807) is 0 Å². The monoisotopic (exact) mass is 283 g/mol. The smallest absolute Gasteiger partial charge is 0.404 e. The molecular weight excluding hydrogens is 262 g/mol. The van der Waals surface area contributed by atoms with E-state index in [1.807, 2.05) is 12.1 Å². The lowest BCUT2D eigenvalue weighted by atomic mass is 10.1. The van der Waals surface area contributed by atoms with Gasteiger partial charge in [-0.05, 0) is 24.0 Å². The van der Waals surface area contributed by atoms with Gasteiger partial charge in [0.15, 0.2) is 0 Å². The van der Waals surface area contributed by atoms with Crippen LogP contribution in [0.4, 0.5) is 4.79 Å².